The van der Waals surface area contributed by atoms with Crippen LogP contribution in [0.3, 0.4) is 0 Å². The molecule has 0 saturated carbocycles. The third-order valence-corrected chi connectivity index (χ3v) is 6.23. The van der Waals surface area contributed by atoms with E-state index in [-0.39, 0.29) is 41.4 Å². The number of ether oxygens (including phenoxy) is 2. The number of nitrogens with zero attached hydrogens (tertiary/aromatic N) is 3. The molecule has 2 aliphatic rings. The van der Waals surface area contributed by atoms with Gasteiger partial charge in [-0.05, 0) is 42.5 Å². The average Bonchev–Trinajstić information content (AvgIpc) is 3.41. The van der Waals surface area contributed by atoms with Crippen molar-refractivity contribution in [3.63, 3.8) is 0 Å². The molecule has 0 aliphatic carbocycles. The SMILES string of the molecule is COc1ccc(N2C[C@H](C(=O)Oc3cccc(N4C(=O)c5cccc([N+](=O)[O-])c5C4=O)c3)CC2=O)cc1. The fourth-order valence-corrected chi connectivity index (χ4v) is 4.42. The van der Waals surface area contributed by atoms with Crippen molar-refractivity contribution in [2.45, 2.75) is 6.42 Å². The van der Waals surface area contributed by atoms with Gasteiger partial charge in [-0.15, -0.1) is 0 Å². The number of imide groups is 1. The van der Waals surface area contributed by atoms with Gasteiger partial charge in [0, 0.05) is 30.8 Å². The zero-order chi connectivity index (χ0) is 26.3. The Hall–Kier alpha value is -5.06. The standard InChI is InChI=1S/C26H19N3O8/c1-36-18-10-8-16(9-11-18)27-14-15(12-22(27)30)26(33)37-19-5-2-4-17(13-19)28-24(31)20-6-3-7-21(29(34)35)23(20)25(28)32/h2-11,13,15H,12,14H2,1H3/t15-/m1/s1. The number of hydrogen-bond donors (Lipinski definition) is 0. The maximum absolute atomic E-state index is 13.0. The first-order valence-corrected chi connectivity index (χ1v) is 11.2. The summed E-state index contributed by atoms with van der Waals surface area (Å²) in [5, 5.41) is 11.4. The van der Waals surface area contributed by atoms with Gasteiger partial charge in [-0.25, -0.2) is 4.90 Å². The van der Waals surface area contributed by atoms with Crippen molar-refractivity contribution in [3.05, 3.63) is 88.0 Å². The van der Waals surface area contributed by atoms with Crippen LogP contribution in [-0.4, -0.2) is 42.3 Å². The van der Waals surface area contributed by atoms with E-state index >= 15 is 0 Å². The molecule has 0 unspecified atom stereocenters. The van der Waals surface area contributed by atoms with Crippen molar-refractivity contribution >= 4 is 40.8 Å². The third kappa shape index (κ3) is 4.16. The molecule has 0 spiro atoms. The number of rotatable bonds is 6. The Morgan fingerprint density at radius 2 is 1.68 bits per heavy atom. The van der Waals surface area contributed by atoms with Gasteiger partial charge in [0.05, 0.1) is 29.2 Å². The van der Waals surface area contributed by atoms with Crippen molar-refractivity contribution in [2.75, 3.05) is 23.5 Å². The molecule has 37 heavy (non-hydrogen) atoms. The zero-order valence-electron chi connectivity index (χ0n) is 19.5. The van der Waals surface area contributed by atoms with E-state index in [1.807, 2.05) is 0 Å². The molecule has 1 fully saturated rings. The summed E-state index contributed by atoms with van der Waals surface area (Å²) in [4.78, 5) is 64.2. The number of amides is 3. The molecule has 1 saturated heterocycles. The molecular weight excluding hydrogens is 482 g/mol. The lowest BCUT2D eigenvalue weighted by molar-refractivity contribution is -0.385. The van der Waals surface area contributed by atoms with Gasteiger partial charge in [-0.2, -0.15) is 0 Å². The normalized spacial score (nSPS) is 16.7. The van der Waals surface area contributed by atoms with Gasteiger partial charge in [0.1, 0.15) is 17.1 Å². The van der Waals surface area contributed by atoms with E-state index in [0.717, 1.165) is 11.0 Å². The molecule has 186 valence electrons. The Bertz CT molecular complexity index is 1470. The molecule has 2 heterocycles. The highest BCUT2D eigenvalue weighted by atomic mass is 16.6. The average molecular weight is 501 g/mol. The molecule has 3 aromatic carbocycles. The molecule has 1 atom stereocenters. The molecule has 3 amide bonds. The monoisotopic (exact) mass is 501 g/mol. The van der Waals surface area contributed by atoms with Crippen LogP contribution in [0.15, 0.2) is 66.7 Å². The fourth-order valence-electron chi connectivity index (χ4n) is 4.42. The van der Waals surface area contributed by atoms with Gasteiger partial charge in [0.25, 0.3) is 17.5 Å². The van der Waals surface area contributed by atoms with Crippen LogP contribution in [0, 0.1) is 16.0 Å². The smallest absolute Gasteiger partial charge is 0.316 e. The highest BCUT2D eigenvalue weighted by Crippen LogP contribution is 2.35. The topological polar surface area (TPSA) is 136 Å². The number of benzene rings is 3. The summed E-state index contributed by atoms with van der Waals surface area (Å²) in [5.74, 6) is -2.45. The molecule has 0 radical (unpaired) electrons. The first-order chi connectivity index (χ1) is 17.8. The maximum Gasteiger partial charge on any atom is 0.316 e. The second-order valence-electron chi connectivity index (χ2n) is 8.42. The van der Waals surface area contributed by atoms with Crippen LogP contribution in [0.5, 0.6) is 11.5 Å². The van der Waals surface area contributed by atoms with Crippen LogP contribution in [0.1, 0.15) is 27.1 Å². The number of carbonyl (C=O) groups excluding carboxylic acids is 4. The van der Waals surface area contributed by atoms with Gasteiger partial charge in [0.15, 0.2) is 0 Å². The summed E-state index contributed by atoms with van der Waals surface area (Å²) in [7, 11) is 1.54. The number of hydrogen-bond acceptors (Lipinski definition) is 8. The van der Waals surface area contributed by atoms with Crippen LogP contribution in [-0.2, 0) is 9.59 Å². The summed E-state index contributed by atoms with van der Waals surface area (Å²) >= 11 is 0. The lowest BCUT2D eigenvalue weighted by atomic mass is 10.1. The quantitative estimate of drug-likeness (QED) is 0.165. The molecule has 11 nitrogen and oxygen atoms in total. The lowest BCUT2D eigenvalue weighted by Crippen LogP contribution is -2.29. The number of nitro groups is 1. The first-order valence-electron chi connectivity index (χ1n) is 11.2. The van der Waals surface area contributed by atoms with Crippen molar-refractivity contribution in [1.29, 1.82) is 0 Å². The first kappa shape index (κ1) is 23.7. The Labute approximate surface area is 209 Å². The molecule has 2 aliphatic heterocycles. The summed E-state index contributed by atoms with van der Waals surface area (Å²) in [6.45, 7) is 0.131. The van der Waals surface area contributed by atoms with E-state index in [9.17, 15) is 29.3 Å². The minimum atomic E-state index is -0.840. The number of nitro benzene ring substituents is 1. The summed E-state index contributed by atoms with van der Waals surface area (Å²) in [6.07, 6.45) is -0.0351. The molecule has 0 bridgehead atoms. The molecule has 11 heteroatoms. The van der Waals surface area contributed by atoms with Crippen LogP contribution in [0.25, 0.3) is 0 Å². The molecule has 3 aromatic rings. The Morgan fingerprint density at radius 3 is 2.38 bits per heavy atom. The minimum Gasteiger partial charge on any atom is -0.497 e. The predicted octanol–water partition coefficient (Wildman–Crippen LogP) is 3.36. The van der Waals surface area contributed by atoms with Crippen molar-refractivity contribution < 1.29 is 33.6 Å². The van der Waals surface area contributed by atoms with Gasteiger partial charge in [-0.3, -0.25) is 29.3 Å². The van der Waals surface area contributed by atoms with Crippen LogP contribution < -0.4 is 19.3 Å². The second-order valence-corrected chi connectivity index (χ2v) is 8.42. The number of fused-ring (bicyclic) bond motifs is 1. The molecule has 0 N–H and O–H groups in total. The van der Waals surface area contributed by atoms with Crippen LogP contribution in [0.4, 0.5) is 17.1 Å². The van der Waals surface area contributed by atoms with Gasteiger partial charge >= 0.3 is 5.97 Å². The van der Waals surface area contributed by atoms with Gasteiger partial charge in [-0.1, -0.05) is 12.1 Å². The number of esters is 1. The largest absolute Gasteiger partial charge is 0.497 e. The zero-order valence-corrected chi connectivity index (χ0v) is 19.5. The number of anilines is 2. The van der Waals surface area contributed by atoms with E-state index in [0.29, 0.717) is 11.4 Å². The van der Waals surface area contributed by atoms with Gasteiger partial charge in [0.2, 0.25) is 5.91 Å². The van der Waals surface area contributed by atoms with Crippen molar-refractivity contribution in [3.8, 4) is 11.5 Å². The maximum atomic E-state index is 13.0. The minimum absolute atomic E-state index is 0.0351. The number of carbonyl (C=O) groups is 4. The van der Waals surface area contributed by atoms with Crippen LogP contribution in [0.2, 0.25) is 0 Å². The lowest BCUT2D eigenvalue weighted by Gasteiger charge is -2.17. The predicted molar refractivity (Wildman–Crippen MR) is 130 cm³/mol. The van der Waals surface area contributed by atoms with Crippen molar-refractivity contribution in [1.82, 2.24) is 0 Å². The molecule has 0 aromatic heterocycles. The van der Waals surface area contributed by atoms with Crippen LogP contribution >= 0.6 is 0 Å². The molecule has 5 rings (SSSR count). The van der Waals surface area contributed by atoms with Crippen molar-refractivity contribution in [2.24, 2.45) is 5.92 Å². The number of methoxy groups -OCH3 is 1. The summed E-state index contributed by atoms with van der Waals surface area (Å²) < 4.78 is 10.6. The molecular formula is C26H19N3O8. The Balaban J connectivity index is 1.32. The van der Waals surface area contributed by atoms with E-state index in [1.165, 1.54) is 48.4 Å². The third-order valence-electron chi connectivity index (χ3n) is 6.23. The Kier molecular flexibility index (Phi) is 5.88. The Morgan fingerprint density at radius 1 is 0.946 bits per heavy atom. The highest BCUT2D eigenvalue weighted by Gasteiger charge is 2.42. The van der Waals surface area contributed by atoms with E-state index in [1.54, 1.807) is 24.3 Å². The summed E-state index contributed by atoms with van der Waals surface area (Å²) in [6, 6.07) is 16.4. The highest BCUT2D eigenvalue weighted by molar-refractivity contribution is 6.35. The second kappa shape index (κ2) is 9.19. The van der Waals surface area contributed by atoms with Gasteiger partial charge < -0.3 is 14.4 Å². The fraction of sp³-hybridized carbons (Fsp3) is 0.154. The van der Waals surface area contributed by atoms with E-state index < -0.39 is 34.3 Å². The van der Waals surface area contributed by atoms with E-state index in [2.05, 4.69) is 0 Å². The summed E-state index contributed by atoms with van der Waals surface area (Å²) in [5.41, 5.74) is -0.114. The van der Waals surface area contributed by atoms with E-state index in [4.69, 9.17) is 9.47 Å².